The Bertz CT molecular complexity index is 2260. The summed E-state index contributed by atoms with van der Waals surface area (Å²) in [5.41, 5.74) is -2.73. The first-order chi connectivity index (χ1) is 24.9. The summed E-state index contributed by atoms with van der Waals surface area (Å²) in [4.78, 5) is 22.9. The van der Waals surface area contributed by atoms with E-state index < -0.39 is 77.0 Å². The third kappa shape index (κ3) is 6.99. The second-order valence-corrected chi connectivity index (χ2v) is 14.0. The van der Waals surface area contributed by atoms with E-state index in [1.807, 2.05) is 6.07 Å². The van der Waals surface area contributed by atoms with E-state index in [9.17, 15) is 31.9 Å². The molecule has 1 amide bonds. The van der Waals surface area contributed by atoms with Crippen molar-refractivity contribution in [1.29, 1.82) is 0 Å². The number of amides is 1. The average Bonchev–Trinajstić information content (AvgIpc) is 3.73. The number of rotatable bonds is 8. The van der Waals surface area contributed by atoms with E-state index in [2.05, 4.69) is 32.6 Å². The Hall–Kier alpha value is -5.23. The zero-order chi connectivity index (χ0) is 38.0. The highest BCUT2D eigenvalue weighted by atomic mass is 19.4. The van der Waals surface area contributed by atoms with Gasteiger partial charge < -0.3 is 15.7 Å². The minimum Gasteiger partial charge on any atom is -0.378 e. The highest BCUT2D eigenvalue weighted by Gasteiger charge is 2.68. The second-order valence-electron chi connectivity index (χ2n) is 14.0. The largest absolute Gasteiger partial charge is 0.435 e. The van der Waals surface area contributed by atoms with Gasteiger partial charge in [-0.25, -0.2) is 18.7 Å². The van der Waals surface area contributed by atoms with Gasteiger partial charge in [0.25, 0.3) is 5.92 Å². The van der Waals surface area contributed by atoms with Crippen molar-refractivity contribution in [3.8, 4) is 23.0 Å². The van der Waals surface area contributed by atoms with E-state index >= 15 is 8.78 Å². The van der Waals surface area contributed by atoms with Gasteiger partial charge in [-0.05, 0) is 79.8 Å². The van der Waals surface area contributed by atoms with E-state index in [-0.39, 0.29) is 36.2 Å². The number of halogens is 7. The van der Waals surface area contributed by atoms with Gasteiger partial charge in [0, 0.05) is 42.1 Å². The minimum atomic E-state index is -5.03. The number of aliphatic hydroxyl groups is 1. The maximum absolute atomic E-state index is 15.3. The molecule has 4 aromatic rings. The topological polar surface area (TPSA) is 105 Å². The molecular weight excluding hydrogens is 705 g/mol. The molecule has 0 saturated heterocycles. The molecule has 53 heavy (non-hydrogen) atoms. The summed E-state index contributed by atoms with van der Waals surface area (Å²) in [6.07, 6.45) is -3.73. The smallest absolute Gasteiger partial charge is 0.378 e. The van der Waals surface area contributed by atoms with Crippen LogP contribution in [-0.2, 0) is 23.4 Å². The van der Waals surface area contributed by atoms with Gasteiger partial charge >= 0.3 is 6.18 Å². The summed E-state index contributed by atoms with van der Waals surface area (Å²) in [7, 11) is 1.71. The normalized spacial score (nSPS) is 20.8. The molecule has 1 fully saturated rings. The van der Waals surface area contributed by atoms with Crippen molar-refractivity contribution in [2.75, 3.05) is 12.4 Å². The van der Waals surface area contributed by atoms with Crippen LogP contribution in [0.25, 0.3) is 21.9 Å². The number of fused-ring (bicyclic) bond motifs is 4. The SMILES string of the molecule is CNc1nccc2c(-c3ccc(C#CC(C)(C)O)nc3[C@H](CC3=CC(F)=CC(F)C3)NC(=O)Cn3nc(C(F)(F)F)c4c3C(F)(F)[C@@H]3C[C@H]43)cccc12. The van der Waals surface area contributed by atoms with Crippen LogP contribution in [-0.4, -0.2) is 49.6 Å². The van der Waals surface area contributed by atoms with Crippen LogP contribution in [0, 0.1) is 17.8 Å². The predicted octanol–water partition coefficient (Wildman–Crippen LogP) is 7.65. The van der Waals surface area contributed by atoms with Gasteiger partial charge in [0.05, 0.1) is 11.7 Å². The molecule has 3 aromatic heterocycles. The van der Waals surface area contributed by atoms with Crippen LogP contribution in [0.3, 0.4) is 0 Å². The van der Waals surface area contributed by atoms with Crippen molar-refractivity contribution in [2.24, 2.45) is 5.92 Å². The number of carbonyl (C=O) groups excluding carboxylic acids is 1. The number of hydrogen-bond acceptors (Lipinski definition) is 6. The van der Waals surface area contributed by atoms with E-state index in [1.54, 1.807) is 43.6 Å². The Morgan fingerprint density at radius 3 is 2.60 bits per heavy atom. The summed E-state index contributed by atoms with van der Waals surface area (Å²) in [5, 5.41) is 20.9. The van der Waals surface area contributed by atoms with Crippen molar-refractivity contribution in [2.45, 2.75) is 75.5 Å². The van der Waals surface area contributed by atoms with Crippen molar-refractivity contribution in [1.82, 2.24) is 25.1 Å². The summed E-state index contributed by atoms with van der Waals surface area (Å²) < 4.78 is 102. The summed E-state index contributed by atoms with van der Waals surface area (Å²) >= 11 is 0. The molecule has 1 aromatic carbocycles. The molecule has 8 nitrogen and oxygen atoms in total. The number of aromatic nitrogens is 4. The lowest BCUT2D eigenvalue weighted by molar-refractivity contribution is -0.142. The highest BCUT2D eigenvalue weighted by molar-refractivity contribution is 6.02. The monoisotopic (exact) mass is 738 g/mol. The van der Waals surface area contributed by atoms with Crippen LogP contribution in [0.2, 0.25) is 0 Å². The standard InChI is InChI=1S/C38H33F7N6O2/c1-36(2,53)11-9-22-7-8-25(23-5-4-6-26-24(23)10-12-47-35(26)46-3)32(48-22)29(15-19-13-20(39)16-21(40)14-19)49-30(52)18-51-34-31(33(50-51)38(43,44)45)27-17-28(27)37(34,41)42/h4-8,10,12-13,16,21,27-29,53H,14-15,17-18H2,1-3H3,(H,46,47)(H,49,52)/t21?,27-,28+,29-/m0/s1. The van der Waals surface area contributed by atoms with Crippen molar-refractivity contribution in [3.05, 3.63) is 94.5 Å². The quantitative estimate of drug-likeness (QED) is 0.127. The van der Waals surface area contributed by atoms with Gasteiger partial charge in [0.2, 0.25) is 5.91 Å². The molecule has 3 N–H and O–H groups in total. The van der Waals surface area contributed by atoms with E-state index in [0.717, 1.165) is 22.9 Å². The van der Waals surface area contributed by atoms with Crippen molar-refractivity contribution in [3.63, 3.8) is 0 Å². The number of anilines is 1. The number of hydrogen-bond donors (Lipinski definition) is 3. The van der Waals surface area contributed by atoms with Gasteiger partial charge in [0.15, 0.2) is 5.69 Å². The zero-order valence-corrected chi connectivity index (χ0v) is 28.6. The molecule has 3 heterocycles. The first kappa shape index (κ1) is 36.1. The number of benzene rings is 1. The zero-order valence-electron chi connectivity index (χ0n) is 28.6. The Kier molecular flexibility index (Phi) is 8.87. The van der Waals surface area contributed by atoms with Gasteiger partial charge in [0.1, 0.15) is 41.4 Å². The van der Waals surface area contributed by atoms with Gasteiger partial charge in [-0.2, -0.15) is 27.1 Å². The van der Waals surface area contributed by atoms with Crippen molar-refractivity contribution >= 4 is 22.5 Å². The molecule has 7 rings (SSSR count). The van der Waals surface area contributed by atoms with Crippen LogP contribution < -0.4 is 10.6 Å². The van der Waals surface area contributed by atoms with Gasteiger partial charge in [-0.3, -0.25) is 9.48 Å². The highest BCUT2D eigenvalue weighted by Crippen LogP contribution is 2.68. The molecule has 1 saturated carbocycles. The van der Waals surface area contributed by atoms with E-state index in [1.165, 1.54) is 13.8 Å². The maximum atomic E-state index is 15.3. The van der Waals surface area contributed by atoms with Crippen LogP contribution in [0.5, 0.6) is 0 Å². The Balaban J connectivity index is 1.35. The van der Waals surface area contributed by atoms with E-state index in [4.69, 9.17) is 4.98 Å². The van der Waals surface area contributed by atoms with Gasteiger partial charge in [-0.1, -0.05) is 29.7 Å². The summed E-state index contributed by atoms with van der Waals surface area (Å²) in [6, 6.07) is 9.25. The fourth-order valence-corrected chi connectivity index (χ4v) is 7.27. The molecule has 0 spiro atoms. The molecule has 276 valence electrons. The molecule has 4 atom stereocenters. The molecule has 1 unspecified atom stereocenters. The van der Waals surface area contributed by atoms with E-state index in [0.29, 0.717) is 21.6 Å². The van der Waals surface area contributed by atoms with Crippen LogP contribution in [0.1, 0.15) is 73.4 Å². The fourth-order valence-electron chi connectivity index (χ4n) is 7.27. The molecule has 0 radical (unpaired) electrons. The van der Waals surface area contributed by atoms with Crippen LogP contribution >= 0.6 is 0 Å². The number of nitrogens with one attached hydrogen (secondary N) is 2. The lowest BCUT2D eigenvalue weighted by Crippen LogP contribution is -2.34. The third-order valence-corrected chi connectivity index (χ3v) is 9.52. The van der Waals surface area contributed by atoms with Crippen LogP contribution in [0.15, 0.2) is 66.1 Å². The number of alkyl halides is 6. The first-order valence-electron chi connectivity index (χ1n) is 16.8. The summed E-state index contributed by atoms with van der Waals surface area (Å²) in [6.45, 7) is 1.94. The lowest BCUT2D eigenvalue weighted by Gasteiger charge is -2.25. The average molecular weight is 739 g/mol. The molecule has 3 aliphatic rings. The van der Waals surface area contributed by atoms with Crippen molar-refractivity contribution < 1.29 is 40.6 Å². The second kappa shape index (κ2) is 13.0. The van der Waals surface area contributed by atoms with Gasteiger partial charge in [-0.15, -0.1) is 0 Å². The minimum absolute atomic E-state index is 0.111. The first-order valence-corrected chi connectivity index (χ1v) is 16.8. The Labute approximate surface area is 299 Å². The summed E-state index contributed by atoms with van der Waals surface area (Å²) in [5.74, 6) is -1.72. The van der Waals surface area contributed by atoms with Crippen LogP contribution in [0.4, 0.5) is 36.6 Å². The molecule has 3 aliphatic carbocycles. The number of carbonyl (C=O) groups is 1. The Morgan fingerprint density at radius 1 is 1.13 bits per heavy atom. The maximum Gasteiger partial charge on any atom is 0.435 e. The third-order valence-electron chi connectivity index (χ3n) is 9.52. The molecule has 0 aliphatic heterocycles. The number of pyridine rings is 2. The number of nitrogens with zero attached hydrogens (tertiary/aromatic N) is 4. The number of allylic oxidation sites excluding steroid dienone is 3. The molecular formula is C38H33F7N6O2. The predicted molar refractivity (Wildman–Crippen MR) is 182 cm³/mol. The Morgan fingerprint density at radius 2 is 1.91 bits per heavy atom. The molecule has 15 heteroatoms. The fraction of sp³-hybridized carbons (Fsp3) is 0.368. The molecule has 0 bridgehead atoms. The lowest BCUT2D eigenvalue weighted by atomic mass is 9.90.